The molecule has 0 aromatic heterocycles. The van der Waals surface area contributed by atoms with E-state index in [1.54, 1.807) is 9.69 Å². The molecule has 1 aromatic carbocycles. The highest BCUT2D eigenvalue weighted by molar-refractivity contribution is 6.66. The molecular formula is C15H19ClN6O. The fraction of sp³-hybridized carbons (Fsp3) is 0.400. The Kier molecular flexibility index (Phi) is 3.89. The number of fused-ring (bicyclic) bond motifs is 2. The van der Waals surface area contributed by atoms with Gasteiger partial charge in [-0.1, -0.05) is 0 Å². The summed E-state index contributed by atoms with van der Waals surface area (Å²) in [6, 6.07) is 3.86. The Hall–Kier alpha value is -2.28. The SMILES string of the molecule is NC1=[N+]2CCCN2C(=O)C1=Nc1cc2c(cc1N)NCCC2.[Cl-]. The molecule has 5 N–H and O–H groups in total. The Morgan fingerprint density at radius 1 is 1.26 bits per heavy atom. The highest BCUT2D eigenvalue weighted by atomic mass is 35.5. The summed E-state index contributed by atoms with van der Waals surface area (Å²) < 4.78 is 1.80. The number of nitrogens with one attached hydrogen (secondary N) is 1. The van der Waals surface area contributed by atoms with Gasteiger partial charge in [0.15, 0.2) is 0 Å². The molecule has 3 aliphatic heterocycles. The summed E-state index contributed by atoms with van der Waals surface area (Å²) in [5.41, 5.74) is 15.9. The standard InChI is InChI=1S/C15H18N6O.ClH/c16-10-8-11-9(3-1-4-18-11)7-12(10)19-13-14(17)20-5-2-6-21(20)15(13)22;/h7-8H,1-6H2,(H4,16,17,18,22);1H. The molecule has 3 heterocycles. The molecule has 1 fully saturated rings. The van der Waals surface area contributed by atoms with E-state index in [1.807, 2.05) is 12.1 Å². The second-order valence-corrected chi connectivity index (χ2v) is 5.85. The molecule has 0 unspecified atom stereocenters. The monoisotopic (exact) mass is 334 g/mol. The van der Waals surface area contributed by atoms with E-state index in [4.69, 9.17) is 11.5 Å². The van der Waals surface area contributed by atoms with Gasteiger partial charge in [-0.3, -0.25) is 10.5 Å². The van der Waals surface area contributed by atoms with Crippen LogP contribution in [0.2, 0.25) is 0 Å². The van der Waals surface area contributed by atoms with Gasteiger partial charge in [0.1, 0.15) is 6.54 Å². The zero-order chi connectivity index (χ0) is 15.3. The molecule has 1 amide bonds. The van der Waals surface area contributed by atoms with Crippen LogP contribution < -0.4 is 29.2 Å². The van der Waals surface area contributed by atoms with Crippen molar-refractivity contribution >= 4 is 34.5 Å². The maximum atomic E-state index is 12.4. The number of aryl methyl sites for hydroxylation is 1. The first-order chi connectivity index (χ1) is 10.6. The third-order valence-electron chi connectivity index (χ3n) is 4.41. The molecule has 4 rings (SSSR count). The molecule has 1 saturated heterocycles. The van der Waals surface area contributed by atoms with Gasteiger partial charge in [0.2, 0.25) is 5.71 Å². The van der Waals surface area contributed by atoms with Gasteiger partial charge in [-0.25, -0.2) is 4.99 Å². The fourth-order valence-corrected chi connectivity index (χ4v) is 3.27. The molecule has 0 aliphatic carbocycles. The average Bonchev–Trinajstić information content (AvgIpc) is 3.08. The van der Waals surface area contributed by atoms with Crippen LogP contribution in [-0.4, -0.2) is 46.8 Å². The summed E-state index contributed by atoms with van der Waals surface area (Å²) in [6.07, 6.45) is 3.01. The Morgan fingerprint density at radius 3 is 2.87 bits per heavy atom. The van der Waals surface area contributed by atoms with Crippen LogP contribution in [0.4, 0.5) is 17.1 Å². The van der Waals surface area contributed by atoms with Crippen LogP contribution in [-0.2, 0) is 11.2 Å². The van der Waals surface area contributed by atoms with E-state index in [0.717, 1.165) is 38.0 Å². The molecule has 0 spiro atoms. The number of anilines is 2. The second-order valence-electron chi connectivity index (χ2n) is 5.85. The number of amides is 1. The second kappa shape index (κ2) is 5.73. The van der Waals surface area contributed by atoms with Crippen molar-refractivity contribution in [2.75, 3.05) is 30.7 Å². The number of hydrazone groups is 1. The van der Waals surface area contributed by atoms with Crippen molar-refractivity contribution in [3.8, 4) is 0 Å². The maximum absolute atomic E-state index is 12.4. The number of hydrazine groups is 1. The Morgan fingerprint density at radius 2 is 2.09 bits per heavy atom. The minimum absolute atomic E-state index is 0. The smallest absolute Gasteiger partial charge is 0.323 e. The molecule has 0 bridgehead atoms. The number of amidine groups is 1. The predicted octanol–water partition coefficient (Wildman–Crippen LogP) is -2.77. The predicted molar refractivity (Wildman–Crippen MR) is 85.4 cm³/mol. The third-order valence-corrected chi connectivity index (χ3v) is 4.41. The minimum Gasteiger partial charge on any atom is -1.00 e. The van der Waals surface area contributed by atoms with Crippen molar-refractivity contribution < 1.29 is 21.9 Å². The van der Waals surface area contributed by atoms with Crippen LogP contribution in [0, 0.1) is 0 Å². The van der Waals surface area contributed by atoms with E-state index in [9.17, 15) is 4.79 Å². The van der Waals surface area contributed by atoms with Gasteiger partial charge in [-0.05, 0) is 30.5 Å². The zero-order valence-corrected chi connectivity index (χ0v) is 13.4. The van der Waals surface area contributed by atoms with E-state index >= 15 is 0 Å². The van der Waals surface area contributed by atoms with E-state index in [-0.39, 0.29) is 18.3 Å². The van der Waals surface area contributed by atoms with Gasteiger partial charge in [0, 0.05) is 18.7 Å². The maximum Gasteiger partial charge on any atom is 0.323 e. The first-order valence-electron chi connectivity index (χ1n) is 7.62. The number of carbonyl (C=O) groups excluding carboxylic acids is 1. The van der Waals surface area contributed by atoms with E-state index in [2.05, 4.69) is 10.3 Å². The fourth-order valence-electron chi connectivity index (χ4n) is 3.27. The summed E-state index contributed by atoms with van der Waals surface area (Å²) in [4.78, 5) is 16.9. The topological polar surface area (TPSA) is 99.8 Å². The summed E-state index contributed by atoms with van der Waals surface area (Å²) in [5.74, 6) is 0.294. The Labute approximate surface area is 140 Å². The number of carbonyl (C=O) groups is 1. The van der Waals surface area contributed by atoms with Crippen LogP contribution in [0.25, 0.3) is 0 Å². The molecule has 0 atom stereocenters. The van der Waals surface area contributed by atoms with E-state index < -0.39 is 0 Å². The minimum atomic E-state index is -0.134. The summed E-state index contributed by atoms with van der Waals surface area (Å²) in [6.45, 7) is 2.42. The molecule has 8 heteroatoms. The lowest BCUT2D eigenvalue weighted by molar-refractivity contribution is -0.641. The summed E-state index contributed by atoms with van der Waals surface area (Å²) >= 11 is 0. The molecule has 3 aliphatic rings. The number of hydrogen-bond acceptors (Lipinski definition) is 5. The number of halogens is 1. The number of nitrogens with zero attached hydrogens (tertiary/aromatic N) is 3. The van der Waals surface area contributed by atoms with Crippen molar-refractivity contribution in [1.29, 1.82) is 0 Å². The molecule has 7 nitrogen and oxygen atoms in total. The van der Waals surface area contributed by atoms with Crippen LogP contribution in [0.15, 0.2) is 17.1 Å². The number of nitrogens with two attached hydrogens (primary N) is 2. The van der Waals surface area contributed by atoms with Crippen LogP contribution in [0.5, 0.6) is 0 Å². The van der Waals surface area contributed by atoms with E-state index in [1.165, 1.54) is 5.56 Å². The number of aliphatic imine (C=N–C) groups is 1. The lowest BCUT2D eigenvalue weighted by Crippen LogP contribution is -3.00. The number of nitrogen functional groups attached to an aromatic ring is 1. The van der Waals surface area contributed by atoms with Crippen molar-refractivity contribution in [2.45, 2.75) is 19.3 Å². The number of hydrogen-bond donors (Lipinski definition) is 3. The van der Waals surface area contributed by atoms with Gasteiger partial charge in [-0.15, -0.1) is 0 Å². The van der Waals surface area contributed by atoms with Crippen molar-refractivity contribution in [3.63, 3.8) is 0 Å². The van der Waals surface area contributed by atoms with Crippen molar-refractivity contribution in [3.05, 3.63) is 17.7 Å². The molecule has 23 heavy (non-hydrogen) atoms. The average molecular weight is 335 g/mol. The van der Waals surface area contributed by atoms with Crippen LogP contribution >= 0.6 is 0 Å². The van der Waals surface area contributed by atoms with Crippen LogP contribution in [0.3, 0.4) is 0 Å². The highest BCUT2D eigenvalue weighted by Gasteiger charge is 2.43. The van der Waals surface area contributed by atoms with E-state index in [0.29, 0.717) is 29.5 Å². The molecular weight excluding hydrogens is 316 g/mol. The van der Waals surface area contributed by atoms with Gasteiger partial charge < -0.3 is 23.5 Å². The Bertz CT molecular complexity index is 742. The van der Waals surface area contributed by atoms with Gasteiger partial charge in [0.05, 0.1) is 17.9 Å². The molecule has 0 saturated carbocycles. The first kappa shape index (κ1) is 15.6. The van der Waals surface area contributed by atoms with Gasteiger partial charge in [-0.2, -0.15) is 9.69 Å². The third kappa shape index (κ3) is 2.41. The zero-order valence-electron chi connectivity index (χ0n) is 12.7. The molecule has 0 radical (unpaired) electrons. The Balaban J connectivity index is 0.00000156. The summed E-state index contributed by atoms with van der Waals surface area (Å²) in [7, 11) is 0. The lowest BCUT2D eigenvalue weighted by Gasteiger charge is -2.19. The van der Waals surface area contributed by atoms with Crippen molar-refractivity contribution in [1.82, 2.24) is 5.01 Å². The summed E-state index contributed by atoms with van der Waals surface area (Å²) in [5, 5.41) is 4.99. The first-order valence-corrected chi connectivity index (χ1v) is 7.62. The highest BCUT2D eigenvalue weighted by Crippen LogP contribution is 2.33. The number of rotatable bonds is 1. The quantitative estimate of drug-likeness (QED) is 0.382. The van der Waals surface area contributed by atoms with Gasteiger partial charge in [0.25, 0.3) is 0 Å². The largest absolute Gasteiger partial charge is 1.00 e. The number of benzene rings is 1. The normalized spacial score (nSPS) is 21.1. The van der Waals surface area contributed by atoms with Crippen molar-refractivity contribution in [2.24, 2.45) is 10.7 Å². The molecule has 1 aromatic rings. The van der Waals surface area contributed by atoms with Gasteiger partial charge >= 0.3 is 11.7 Å². The lowest BCUT2D eigenvalue weighted by atomic mass is 10.0. The van der Waals surface area contributed by atoms with Crippen LogP contribution in [0.1, 0.15) is 18.4 Å². The molecule has 122 valence electrons.